The maximum absolute atomic E-state index is 5.61. The average molecular weight is 212 g/mol. The molecule has 0 spiro atoms. The van der Waals surface area contributed by atoms with E-state index in [-0.39, 0.29) is 0 Å². The van der Waals surface area contributed by atoms with E-state index >= 15 is 0 Å². The minimum absolute atomic E-state index is 0.564. The third-order valence-electron chi connectivity index (χ3n) is 2.69. The molecule has 3 nitrogen and oxygen atoms in total. The third kappa shape index (κ3) is 1.60. The fourth-order valence-electron chi connectivity index (χ4n) is 1.87. The lowest BCUT2D eigenvalue weighted by Gasteiger charge is -2.29. The Balaban J connectivity index is 1.89. The first-order chi connectivity index (χ1) is 7.93. The van der Waals surface area contributed by atoms with Crippen LogP contribution in [-0.2, 0) is 6.54 Å². The summed E-state index contributed by atoms with van der Waals surface area (Å²) in [6.07, 6.45) is 1.76. The van der Waals surface area contributed by atoms with Gasteiger partial charge in [-0.05, 0) is 18.2 Å². The topological polar surface area (TPSA) is 25.4 Å². The molecule has 0 saturated heterocycles. The number of nitrogens with zero attached hydrogens (tertiary/aromatic N) is 2. The van der Waals surface area contributed by atoms with Crippen LogP contribution < -0.4 is 9.64 Å². The lowest BCUT2D eigenvalue weighted by atomic mass is 10.2. The Morgan fingerprint density at radius 1 is 1.06 bits per heavy atom. The van der Waals surface area contributed by atoms with Crippen LogP contribution in [0.1, 0.15) is 5.56 Å². The van der Waals surface area contributed by atoms with Gasteiger partial charge in [-0.2, -0.15) is 0 Å². The Kier molecular flexibility index (Phi) is 2.22. The van der Waals surface area contributed by atoms with Crippen molar-refractivity contribution in [1.82, 2.24) is 4.98 Å². The van der Waals surface area contributed by atoms with Gasteiger partial charge in [0.05, 0.1) is 6.54 Å². The SMILES string of the molecule is c1ccc(N2COc3ncccc3C2)cc1. The predicted molar refractivity (Wildman–Crippen MR) is 62.4 cm³/mol. The van der Waals surface area contributed by atoms with Gasteiger partial charge < -0.3 is 9.64 Å². The molecule has 2 aromatic rings. The van der Waals surface area contributed by atoms with E-state index < -0.39 is 0 Å². The number of ether oxygens (including phenoxy) is 1. The average Bonchev–Trinajstić information content (AvgIpc) is 2.39. The Morgan fingerprint density at radius 3 is 2.81 bits per heavy atom. The van der Waals surface area contributed by atoms with Crippen LogP contribution in [0.2, 0.25) is 0 Å². The van der Waals surface area contributed by atoms with Gasteiger partial charge in [0.2, 0.25) is 5.88 Å². The van der Waals surface area contributed by atoms with Crippen LogP contribution in [-0.4, -0.2) is 11.7 Å². The van der Waals surface area contributed by atoms with Gasteiger partial charge in [0.25, 0.3) is 0 Å². The molecule has 1 aliphatic rings. The fraction of sp³-hybridized carbons (Fsp3) is 0.154. The van der Waals surface area contributed by atoms with Crippen molar-refractivity contribution in [3.05, 3.63) is 54.2 Å². The van der Waals surface area contributed by atoms with Crippen molar-refractivity contribution in [2.24, 2.45) is 0 Å². The summed E-state index contributed by atoms with van der Waals surface area (Å²) >= 11 is 0. The number of pyridine rings is 1. The van der Waals surface area contributed by atoms with Crippen molar-refractivity contribution < 1.29 is 4.74 Å². The molecular weight excluding hydrogens is 200 g/mol. The molecule has 2 heterocycles. The van der Waals surface area contributed by atoms with E-state index in [1.165, 1.54) is 5.69 Å². The van der Waals surface area contributed by atoms with Crippen LogP contribution in [0.25, 0.3) is 0 Å². The van der Waals surface area contributed by atoms with Gasteiger partial charge in [-0.1, -0.05) is 24.3 Å². The van der Waals surface area contributed by atoms with Crippen LogP contribution in [0, 0.1) is 0 Å². The van der Waals surface area contributed by atoms with Gasteiger partial charge in [0, 0.05) is 17.4 Å². The molecular formula is C13H12N2O. The molecule has 1 aromatic heterocycles. The lowest BCUT2D eigenvalue weighted by Crippen LogP contribution is -2.32. The van der Waals surface area contributed by atoms with Crippen molar-refractivity contribution in [2.45, 2.75) is 6.54 Å². The first kappa shape index (κ1) is 9.21. The number of aromatic nitrogens is 1. The van der Waals surface area contributed by atoms with Crippen molar-refractivity contribution in [3.63, 3.8) is 0 Å². The minimum Gasteiger partial charge on any atom is -0.456 e. The van der Waals surface area contributed by atoms with E-state index in [0.29, 0.717) is 6.73 Å². The zero-order chi connectivity index (χ0) is 10.8. The van der Waals surface area contributed by atoms with E-state index in [1.54, 1.807) is 6.20 Å². The fourth-order valence-corrected chi connectivity index (χ4v) is 1.87. The molecule has 0 aliphatic carbocycles. The number of benzene rings is 1. The summed E-state index contributed by atoms with van der Waals surface area (Å²) in [5.41, 5.74) is 2.31. The van der Waals surface area contributed by atoms with Crippen molar-refractivity contribution in [2.75, 3.05) is 11.6 Å². The molecule has 1 aliphatic heterocycles. The quantitative estimate of drug-likeness (QED) is 0.726. The highest BCUT2D eigenvalue weighted by atomic mass is 16.5. The second-order valence-electron chi connectivity index (χ2n) is 3.77. The molecule has 16 heavy (non-hydrogen) atoms. The maximum atomic E-state index is 5.61. The van der Waals surface area contributed by atoms with Gasteiger partial charge in [-0.15, -0.1) is 0 Å². The van der Waals surface area contributed by atoms with E-state index in [0.717, 1.165) is 18.0 Å². The first-order valence-corrected chi connectivity index (χ1v) is 5.30. The summed E-state index contributed by atoms with van der Waals surface area (Å²) in [6.45, 7) is 1.42. The van der Waals surface area contributed by atoms with Gasteiger partial charge in [-0.25, -0.2) is 4.98 Å². The van der Waals surface area contributed by atoms with Gasteiger partial charge in [-0.3, -0.25) is 0 Å². The number of fused-ring (bicyclic) bond motifs is 1. The third-order valence-corrected chi connectivity index (χ3v) is 2.69. The van der Waals surface area contributed by atoms with E-state index in [4.69, 9.17) is 4.74 Å². The molecule has 3 heteroatoms. The molecule has 80 valence electrons. The van der Waals surface area contributed by atoms with Crippen LogP contribution in [0.15, 0.2) is 48.7 Å². The van der Waals surface area contributed by atoms with E-state index in [1.807, 2.05) is 24.3 Å². The molecule has 0 fully saturated rings. The number of hydrogen-bond acceptors (Lipinski definition) is 3. The van der Waals surface area contributed by atoms with E-state index in [2.05, 4.69) is 28.1 Å². The van der Waals surface area contributed by atoms with Crippen molar-refractivity contribution >= 4 is 5.69 Å². The molecule has 1 aromatic carbocycles. The Hall–Kier alpha value is -2.03. The normalized spacial score (nSPS) is 14.1. The molecule has 0 unspecified atom stereocenters. The molecule has 0 saturated carbocycles. The number of anilines is 1. The Morgan fingerprint density at radius 2 is 1.94 bits per heavy atom. The molecule has 0 radical (unpaired) electrons. The molecule has 3 rings (SSSR count). The summed E-state index contributed by atoms with van der Waals surface area (Å²) in [4.78, 5) is 6.38. The highest BCUT2D eigenvalue weighted by molar-refractivity contribution is 5.48. The summed E-state index contributed by atoms with van der Waals surface area (Å²) < 4.78 is 5.61. The molecule has 0 bridgehead atoms. The smallest absolute Gasteiger partial charge is 0.220 e. The second-order valence-corrected chi connectivity index (χ2v) is 3.77. The summed E-state index contributed by atoms with van der Waals surface area (Å²) in [5, 5.41) is 0. The van der Waals surface area contributed by atoms with Crippen molar-refractivity contribution in [1.29, 1.82) is 0 Å². The van der Waals surface area contributed by atoms with Crippen LogP contribution in [0.5, 0.6) is 5.88 Å². The molecule has 0 N–H and O–H groups in total. The first-order valence-electron chi connectivity index (χ1n) is 5.30. The van der Waals surface area contributed by atoms with Gasteiger partial charge >= 0.3 is 0 Å². The number of hydrogen-bond donors (Lipinski definition) is 0. The van der Waals surface area contributed by atoms with Crippen LogP contribution >= 0.6 is 0 Å². The Bertz CT molecular complexity index is 484. The highest BCUT2D eigenvalue weighted by Crippen LogP contribution is 2.25. The van der Waals surface area contributed by atoms with Gasteiger partial charge in [0.1, 0.15) is 0 Å². The minimum atomic E-state index is 0.564. The maximum Gasteiger partial charge on any atom is 0.220 e. The second kappa shape index (κ2) is 3.85. The zero-order valence-corrected chi connectivity index (χ0v) is 8.84. The largest absolute Gasteiger partial charge is 0.456 e. The zero-order valence-electron chi connectivity index (χ0n) is 8.84. The van der Waals surface area contributed by atoms with Crippen LogP contribution in [0.4, 0.5) is 5.69 Å². The number of rotatable bonds is 1. The lowest BCUT2D eigenvalue weighted by molar-refractivity contribution is 0.277. The predicted octanol–water partition coefficient (Wildman–Crippen LogP) is 2.44. The highest BCUT2D eigenvalue weighted by Gasteiger charge is 2.17. The van der Waals surface area contributed by atoms with Crippen molar-refractivity contribution in [3.8, 4) is 5.88 Å². The number of para-hydroxylation sites is 1. The summed E-state index contributed by atoms with van der Waals surface area (Å²) in [5.74, 6) is 0.759. The van der Waals surface area contributed by atoms with Crippen LogP contribution in [0.3, 0.4) is 0 Å². The Labute approximate surface area is 94.3 Å². The van der Waals surface area contributed by atoms with E-state index in [9.17, 15) is 0 Å². The molecule has 0 atom stereocenters. The standard InChI is InChI=1S/C13H12N2O/c1-2-6-12(7-3-1)15-9-11-5-4-8-14-13(11)16-10-15/h1-8H,9-10H2. The summed E-state index contributed by atoms with van der Waals surface area (Å²) in [7, 11) is 0. The molecule has 0 amide bonds. The van der Waals surface area contributed by atoms with Gasteiger partial charge in [0.15, 0.2) is 6.73 Å². The summed E-state index contributed by atoms with van der Waals surface area (Å²) in [6, 6.07) is 14.3. The monoisotopic (exact) mass is 212 g/mol.